The summed E-state index contributed by atoms with van der Waals surface area (Å²) in [6.45, 7) is 3.37. The van der Waals surface area contributed by atoms with Crippen LogP contribution in [-0.2, 0) is 23.4 Å². The Balaban J connectivity index is 1.42. The Labute approximate surface area is 279 Å². The number of carbonyl (C=O) groups is 2. The highest BCUT2D eigenvalue weighted by Gasteiger charge is 2.68. The number of hydrogen-bond acceptors (Lipinski definition) is 5. The van der Waals surface area contributed by atoms with E-state index < -0.39 is 29.2 Å². The number of nitrogens with one attached hydrogen (secondary N) is 1. The fourth-order valence-electron chi connectivity index (χ4n) is 8.21. The lowest BCUT2D eigenvalue weighted by molar-refractivity contribution is -0.128. The zero-order valence-electron chi connectivity index (χ0n) is 25.2. The minimum absolute atomic E-state index is 0.0396. The number of aryl methyl sites for hydroxylation is 1. The van der Waals surface area contributed by atoms with Crippen LogP contribution in [0, 0.1) is 5.82 Å². The van der Waals surface area contributed by atoms with E-state index in [-0.39, 0.29) is 22.5 Å². The number of aromatic nitrogens is 2. The highest BCUT2D eigenvalue weighted by atomic mass is 35.5. The number of carboxylic acids is 1. The van der Waals surface area contributed by atoms with Gasteiger partial charge in [-0.05, 0) is 73.0 Å². The van der Waals surface area contributed by atoms with E-state index in [1.807, 2.05) is 37.3 Å². The zero-order chi connectivity index (χ0) is 32.6. The average Bonchev–Trinajstić information content (AvgIpc) is 3.66. The summed E-state index contributed by atoms with van der Waals surface area (Å²) in [5.74, 6) is -1.77. The standard InChI is InChI=1S/C36H29Cl2FN4O4/c1-2-47-22-6-3-5-19(15-22)18-43-29-13-14-42-28-12-9-20(34(44)45)16-27(28)40-33(42)30(29)31(23-7-4-8-25(38)32(23)39)36(43)24-11-10-21(37)17-26(24)41-35(36)46/h3-12,15-17,29-31H,2,13-14,18H2,1H3,(H,41,46)(H,44,45)/t29-,30+,31?,36+/m1/s1. The molecule has 0 radical (unpaired) electrons. The normalized spacial score (nSPS) is 23.1. The maximum atomic E-state index is 16.4. The number of carboxylic acid groups (broad SMARTS) is 1. The Morgan fingerprint density at radius 1 is 1.11 bits per heavy atom. The molecule has 4 aromatic carbocycles. The highest BCUT2D eigenvalue weighted by molar-refractivity contribution is 6.31. The van der Waals surface area contributed by atoms with Crippen LogP contribution < -0.4 is 10.1 Å². The molecule has 238 valence electrons. The second-order valence-corrected chi connectivity index (χ2v) is 13.1. The van der Waals surface area contributed by atoms with Crippen molar-refractivity contribution in [2.24, 2.45) is 0 Å². The second-order valence-electron chi connectivity index (χ2n) is 12.3. The quantitative estimate of drug-likeness (QED) is 0.193. The summed E-state index contributed by atoms with van der Waals surface area (Å²) in [5.41, 5.74) is 2.58. The molecule has 3 aliphatic heterocycles. The van der Waals surface area contributed by atoms with E-state index in [1.54, 1.807) is 42.5 Å². The van der Waals surface area contributed by atoms with Gasteiger partial charge in [-0.15, -0.1) is 0 Å². The molecule has 0 aliphatic carbocycles. The Morgan fingerprint density at radius 2 is 1.94 bits per heavy atom. The second kappa shape index (κ2) is 11.1. The molecule has 1 amide bonds. The predicted octanol–water partition coefficient (Wildman–Crippen LogP) is 7.58. The third kappa shape index (κ3) is 4.40. The molecular weight excluding hydrogens is 642 g/mol. The van der Waals surface area contributed by atoms with Crippen molar-refractivity contribution in [3.8, 4) is 5.75 Å². The van der Waals surface area contributed by atoms with Gasteiger partial charge in [0.2, 0.25) is 5.91 Å². The van der Waals surface area contributed by atoms with Crippen LogP contribution in [0.3, 0.4) is 0 Å². The van der Waals surface area contributed by atoms with Gasteiger partial charge in [-0.3, -0.25) is 9.69 Å². The Kier molecular flexibility index (Phi) is 7.05. The van der Waals surface area contributed by atoms with E-state index in [4.69, 9.17) is 32.9 Å². The molecule has 0 saturated carbocycles. The van der Waals surface area contributed by atoms with Crippen LogP contribution in [-0.4, -0.2) is 44.1 Å². The summed E-state index contributed by atoms with van der Waals surface area (Å²) in [6, 6.07) is 22.7. The molecule has 8 rings (SSSR count). The number of imidazole rings is 1. The molecule has 4 heterocycles. The number of amides is 1. The van der Waals surface area contributed by atoms with Crippen molar-refractivity contribution < 1.29 is 23.8 Å². The summed E-state index contributed by atoms with van der Waals surface area (Å²) < 4.78 is 24.3. The fourth-order valence-corrected chi connectivity index (χ4v) is 8.56. The van der Waals surface area contributed by atoms with Crippen LogP contribution in [0.25, 0.3) is 11.0 Å². The van der Waals surface area contributed by atoms with Crippen molar-refractivity contribution in [3.05, 3.63) is 123 Å². The number of nitrogens with zero attached hydrogens (tertiary/aromatic N) is 3. The number of likely N-dealkylation sites (tertiary alicyclic amines) is 1. The molecule has 2 N–H and O–H groups in total. The lowest BCUT2D eigenvalue weighted by Gasteiger charge is -2.40. The molecule has 4 atom stereocenters. The minimum Gasteiger partial charge on any atom is -0.494 e. The molecular formula is C36H29Cl2FN4O4. The number of rotatable bonds is 6. The van der Waals surface area contributed by atoms with Gasteiger partial charge in [-0.2, -0.15) is 0 Å². The molecule has 5 aromatic rings. The van der Waals surface area contributed by atoms with Gasteiger partial charge in [0.25, 0.3) is 0 Å². The van der Waals surface area contributed by atoms with E-state index in [0.717, 1.165) is 16.8 Å². The molecule has 0 bridgehead atoms. The average molecular weight is 672 g/mol. The van der Waals surface area contributed by atoms with Crippen molar-refractivity contribution in [1.82, 2.24) is 14.5 Å². The number of fused-ring (bicyclic) bond motifs is 7. The molecule has 8 nitrogen and oxygen atoms in total. The summed E-state index contributed by atoms with van der Waals surface area (Å²) >= 11 is 12.9. The smallest absolute Gasteiger partial charge is 0.335 e. The third-order valence-corrected chi connectivity index (χ3v) is 10.4. The summed E-state index contributed by atoms with van der Waals surface area (Å²) in [5, 5.41) is 13.2. The topological polar surface area (TPSA) is 96.7 Å². The minimum atomic E-state index is -1.37. The van der Waals surface area contributed by atoms with Gasteiger partial charge in [0.05, 0.1) is 28.2 Å². The highest BCUT2D eigenvalue weighted by Crippen LogP contribution is 2.64. The number of ether oxygens (including phenoxy) is 1. The van der Waals surface area contributed by atoms with E-state index in [1.165, 1.54) is 6.07 Å². The number of carbonyl (C=O) groups excluding carboxylic acids is 1. The lowest BCUT2D eigenvalue weighted by Crippen LogP contribution is -2.51. The first-order valence-electron chi connectivity index (χ1n) is 15.5. The number of halogens is 3. The first kappa shape index (κ1) is 29.9. The Morgan fingerprint density at radius 3 is 2.74 bits per heavy atom. The maximum absolute atomic E-state index is 16.4. The van der Waals surface area contributed by atoms with Crippen LogP contribution >= 0.6 is 23.2 Å². The van der Waals surface area contributed by atoms with E-state index in [9.17, 15) is 14.7 Å². The summed E-state index contributed by atoms with van der Waals surface area (Å²) in [6.07, 6.45) is 0.631. The molecule has 3 aliphatic rings. The molecule has 1 unspecified atom stereocenters. The summed E-state index contributed by atoms with van der Waals surface area (Å²) in [4.78, 5) is 33.9. The van der Waals surface area contributed by atoms with Crippen LogP contribution in [0.15, 0.2) is 78.9 Å². The first-order chi connectivity index (χ1) is 22.7. The Hall–Kier alpha value is -4.44. The molecule has 1 fully saturated rings. The van der Waals surface area contributed by atoms with Gasteiger partial charge in [0.15, 0.2) is 0 Å². The number of benzene rings is 4. The van der Waals surface area contributed by atoms with Gasteiger partial charge in [0.1, 0.15) is 22.9 Å². The van der Waals surface area contributed by atoms with Crippen molar-refractivity contribution in [2.45, 2.75) is 49.9 Å². The molecule has 1 spiro atoms. The predicted molar refractivity (Wildman–Crippen MR) is 177 cm³/mol. The molecule has 11 heteroatoms. The molecule has 1 saturated heterocycles. The first-order valence-corrected chi connectivity index (χ1v) is 16.2. The number of anilines is 1. The molecule has 1 aromatic heterocycles. The Bertz CT molecular complexity index is 2120. The maximum Gasteiger partial charge on any atom is 0.335 e. The van der Waals surface area contributed by atoms with Gasteiger partial charge >= 0.3 is 5.97 Å². The fraction of sp³-hybridized carbons (Fsp3) is 0.250. The zero-order valence-corrected chi connectivity index (χ0v) is 26.7. The van der Waals surface area contributed by atoms with Crippen molar-refractivity contribution in [2.75, 3.05) is 11.9 Å². The van der Waals surface area contributed by atoms with Gasteiger partial charge in [-0.1, -0.05) is 53.5 Å². The van der Waals surface area contributed by atoms with Gasteiger partial charge in [-0.25, -0.2) is 14.2 Å². The van der Waals surface area contributed by atoms with Crippen LogP contribution in [0.2, 0.25) is 10.0 Å². The van der Waals surface area contributed by atoms with E-state index in [0.29, 0.717) is 59.3 Å². The van der Waals surface area contributed by atoms with Gasteiger partial charge < -0.3 is 19.7 Å². The van der Waals surface area contributed by atoms with Crippen LogP contribution in [0.1, 0.15) is 58.1 Å². The number of hydrogen-bond donors (Lipinski definition) is 2. The SMILES string of the molecule is CCOc1cccc(CN2[C@@H]3CCn4c(nc5cc(C(=O)O)ccc54)[C@@H]3C(c3cccc(Cl)c3F)[C@@]23C(=O)Nc2cc(Cl)ccc23)c1. The van der Waals surface area contributed by atoms with E-state index in [2.05, 4.69) is 14.8 Å². The largest absolute Gasteiger partial charge is 0.494 e. The lowest BCUT2D eigenvalue weighted by atomic mass is 9.70. The number of aromatic carboxylic acids is 1. The summed E-state index contributed by atoms with van der Waals surface area (Å²) in [7, 11) is 0. The van der Waals surface area contributed by atoms with E-state index >= 15 is 4.39 Å². The van der Waals surface area contributed by atoms with Gasteiger partial charge in [0, 0.05) is 47.2 Å². The molecule has 47 heavy (non-hydrogen) atoms. The van der Waals surface area contributed by atoms with Crippen molar-refractivity contribution in [3.63, 3.8) is 0 Å². The van der Waals surface area contributed by atoms with Crippen LogP contribution in [0.5, 0.6) is 5.75 Å². The van der Waals surface area contributed by atoms with Crippen molar-refractivity contribution >= 4 is 51.8 Å². The van der Waals surface area contributed by atoms with Crippen molar-refractivity contribution in [1.29, 1.82) is 0 Å². The third-order valence-electron chi connectivity index (χ3n) is 9.91. The van der Waals surface area contributed by atoms with Crippen LogP contribution in [0.4, 0.5) is 10.1 Å². The monoisotopic (exact) mass is 670 g/mol.